The van der Waals surface area contributed by atoms with Crippen LogP contribution in [-0.4, -0.2) is 32.5 Å². The first-order chi connectivity index (χ1) is 8.44. The Morgan fingerprint density at radius 1 is 1.44 bits per heavy atom. The van der Waals surface area contributed by atoms with Gasteiger partial charge in [0.25, 0.3) is 0 Å². The number of anilines is 1. The van der Waals surface area contributed by atoms with Crippen molar-refractivity contribution in [3.63, 3.8) is 0 Å². The molecule has 0 spiro atoms. The van der Waals surface area contributed by atoms with Gasteiger partial charge in [-0.2, -0.15) is 0 Å². The molecular formula is C12H19NO4S. The lowest BCUT2D eigenvalue weighted by Gasteiger charge is -2.10. The minimum atomic E-state index is -3.41. The standard InChI is InChI=1S/C12H19NO4S/c1-3-17-7-8-18(15,16)13-12-6-4-5-11(9-12)10(2)14/h4-6,9-10,13-14H,3,7-8H2,1-2H3. The molecule has 6 heteroatoms. The van der Waals surface area contributed by atoms with Gasteiger partial charge in [-0.3, -0.25) is 4.72 Å². The van der Waals surface area contributed by atoms with Crippen LogP contribution in [0.2, 0.25) is 0 Å². The van der Waals surface area contributed by atoms with Gasteiger partial charge in [0.05, 0.1) is 18.5 Å². The Labute approximate surface area is 108 Å². The van der Waals surface area contributed by atoms with Crippen LogP contribution in [0.5, 0.6) is 0 Å². The zero-order chi connectivity index (χ0) is 13.6. The molecule has 0 heterocycles. The topological polar surface area (TPSA) is 75.6 Å². The van der Waals surface area contributed by atoms with Crippen LogP contribution in [0.1, 0.15) is 25.5 Å². The van der Waals surface area contributed by atoms with Crippen molar-refractivity contribution in [1.82, 2.24) is 0 Å². The van der Waals surface area contributed by atoms with Crippen molar-refractivity contribution in [3.05, 3.63) is 29.8 Å². The molecule has 0 fully saturated rings. The van der Waals surface area contributed by atoms with Crippen LogP contribution in [0.4, 0.5) is 5.69 Å². The summed E-state index contributed by atoms with van der Waals surface area (Å²) in [5.74, 6) is -0.0836. The molecule has 0 saturated heterocycles. The predicted molar refractivity (Wildman–Crippen MR) is 71.0 cm³/mol. The van der Waals surface area contributed by atoms with E-state index in [0.29, 0.717) is 17.9 Å². The second-order valence-corrected chi connectivity index (χ2v) is 5.76. The summed E-state index contributed by atoms with van der Waals surface area (Å²) in [4.78, 5) is 0. The molecule has 0 aliphatic rings. The predicted octanol–water partition coefficient (Wildman–Crippen LogP) is 1.52. The summed E-state index contributed by atoms with van der Waals surface area (Å²) in [7, 11) is -3.41. The van der Waals surface area contributed by atoms with Gasteiger partial charge in [0.2, 0.25) is 10.0 Å². The van der Waals surface area contributed by atoms with Crippen molar-refractivity contribution in [2.75, 3.05) is 23.7 Å². The summed E-state index contributed by atoms with van der Waals surface area (Å²) in [6.45, 7) is 4.10. The fraction of sp³-hybridized carbons (Fsp3) is 0.500. The highest BCUT2D eigenvalue weighted by Gasteiger charge is 2.11. The Morgan fingerprint density at radius 3 is 2.78 bits per heavy atom. The van der Waals surface area contributed by atoms with E-state index in [1.165, 1.54) is 0 Å². The van der Waals surface area contributed by atoms with E-state index in [1.54, 1.807) is 31.2 Å². The summed E-state index contributed by atoms with van der Waals surface area (Å²) in [5.41, 5.74) is 1.12. The maximum atomic E-state index is 11.7. The Hall–Kier alpha value is -1.11. The van der Waals surface area contributed by atoms with E-state index in [1.807, 2.05) is 6.92 Å². The van der Waals surface area contributed by atoms with Gasteiger partial charge in [-0.15, -0.1) is 0 Å². The third-order valence-corrected chi connectivity index (χ3v) is 3.59. The smallest absolute Gasteiger partial charge is 0.234 e. The molecule has 0 aromatic heterocycles. The van der Waals surface area contributed by atoms with Gasteiger partial charge >= 0.3 is 0 Å². The van der Waals surface area contributed by atoms with Crippen molar-refractivity contribution in [3.8, 4) is 0 Å². The fourth-order valence-electron chi connectivity index (χ4n) is 1.41. The normalized spacial score (nSPS) is 13.3. The highest BCUT2D eigenvalue weighted by atomic mass is 32.2. The van der Waals surface area contributed by atoms with E-state index >= 15 is 0 Å². The Bertz CT molecular complexity index is 471. The number of nitrogens with one attached hydrogen (secondary N) is 1. The van der Waals surface area contributed by atoms with Gasteiger partial charge in [-0.1, -0.05) is 12.1 Å². The van der Waals surface area contributed by atoms with E-state index in [-0.39, 0.29) is 12.4 Å². The lowest BCUT2D eigenvalue weighted by Crippen LogP contribution is -2.20. The van der Waals surface area contributed by atoms with Crippen molar-refractivity contribution < 1.29 is 18.3 Å². The molecule has 18 heavy (non-hydrogen) atoms. The Balaban J connectivity index is 2.69. The van der Waals surface area contributed by atoms with Gasteiger partial charge < -0.3 is 9.84 Å². The first-order valence-corrected chi connectivity index (χ1v) is 7.46. The minimum absolute atomic E-state index is 0.0836. The Morgan fingerprint density at radius 2 is 2.17 bits per heavy atom. The number of hydrogen-bond acceptors (Lipinski definition) is 4. The van der Waals surface area contributed by atoms with E-state index in [2.05, 4.69) is 4.72 Å². The molecular weight excluding hydrogens is 254 g/mol. The molecule has 5 nitrogen and oxygen atoms in total. The van der Waals surface area contributed by atoms with Crippen LogP contribution in [0.15, 0.2) is 24.3 Å². The summed E-state index contributed by atoms with van der Waals surface area (Å²) < 4.78 is 30.9. The van der Waals surface area contributed by atoms with Gasteiger partial charge in [-0.05, 0) is 31.5 Å². The summed E-state index contributed by atoms with van der Waals surface area (Å²) in [6, 6.07) is 6.69. The lowest BCUT2D eigenvalue weighted by atomic mass is 10.1. The molecule has 1 aromatic rings. The average Bonchev–Trinajstić information content (AvgIpc) is 2.28. The van der Waals surface area contributed by atoms with E-state index in [0.717, 1.165) is 0 Å². The van der Waals surface area contributed by atoms with Crippen molar-refractivity contribution in [2.45, 2.75) is 20.0 Å². The van der Waals surface area contributed by atoms with E-state index in [4.69, 9.17) is 4.74 Å². The highest BCUT2D eigenvalue weighted by molar-refractivity contribution is 7.92. The maximum Gasteiger partial charge on any atom is 0.234 e. The second-order valence-electron chi connectivity index (χ2n) is 3.92. The van der Waals surface area contributed by atoms with Gasteiger partial charge in [0, 0.05) is 12.3 Å². The number of benzene rings is 1. The molecule has 0 aliphatic carbocycles. The quantitative estimate of drug-likeness (QED) is 0.739. The highest BCUT2D eigenvalue weighted by Crippen LogP contribution is 2.17. The van der Waals surface area contributed by atoms with Gasteiger partial charge in [0.15, 0.2) is 0 Å². The molecule has 0 aliphatic heterocycles. The van der Waals surface area contributed by atoms with E-state index < -0.39 is 16.1 Å². The molecule has 0 saturated carbocycles. The number of aliphatic hydroxyl groups excluding tert-OH is 1. The molecule has 1 aromatic carbocycles. The summed E-state index contributed by atoms with van der Waals surface area (Å²) in [5, 5.41) is 9.42. The van der Waals surface area contributed by atoms with Crippen molar-refractivity contribution in [1.29, 1.82) is 0 Å². The van der Waals surface area contributed by atoms with Crippen LogP contribution in [-0.2, 0) is 14.8 Å². The van der Waals surface area contributed by atoms with E-state index in [9.17, 15) is 13.5 Å². The molecule has 1 rings (SSSR count). The third-order valence-electron chi connectivity index (χ3n) is 2.34. The van der Waals surface area contributed by atoms with Crippen LogP contribution in [0, 0.1) is 0 Å². The second kappa shape index (κ2) is 6.72. The fourth-order valence-corrected chi connectivity index (χ4v) is 2.33. The number of ether oxygens (including phenoxy) is 1. The van der Waals surface area contributed by atoms with Crippen LogP contribution in [0.25, 0.3) is 0 Å². The summed E-state index contributed by atoms with van der Waals surface area (Å²) in [6.07, 6.45) is -0.627. The Kier molecular flexibility index (Phi) is 5.58. The minimum Gasteiger partial charge on any atom is -0.389 e. The zero-order valence-electron chi connectivity index (χ0n) is 10.6. The molecule has 0 radical (unpaired) electrons. The maximum absolute atomic E-state index is 11.7. The van der Waals surface area contributed by atoms with Gasteiger partial charge in [-0.25, -0.2) is 8.42 Å². The number of aliphatic hydroxyl groups is 1. The van der Waals surface area contributed by atoms with Crippen LogP contribution < -0.4 is 4.72 Å². The molecule has 0 bridgehead atoms. The van der Waals surface area contributed by atoms with Crippen LogP contribution >= 0.6 is 0 Å². The zero-order valence-corrected chi connectivity index (χ0v) is 11.4. The van der Waals surface area contributed by atoms with Gasteiger partial charge in [0.1, 0.15) is 0 Å². The van der Waals surface area contributed by atoms with Crippen LogP contribution in [0.3, 0.4) is 0 Å². The molecule has 2 N–H and O–H groups in total. The average molecular weight is 273 g/mol. The number of hydrogen-bond donors (Lipinski definition) is 2. The molecule has 0 amide bonds. The SMILES string of the molecule is CCOCCS(=O)(=O)Nc1cccc(C(C)O)c1. The monoisotopic (exact) mass is 273 g/mol. The molecule has 1 unspecified atom stereocenters. The first-order valence-electron chi connectivity index (χ1n) is 5.81. The third kappa shape index (κ3) is 5.03. The summed E-state index contributed by atoms with van der Waals surface area (Å²) >= 11 is 0. The van der Waals surface area contributed by atoms with Crippen molar-refractivity contribution >= 4 is 15.7 Å². The molecule has 1 atom stereocenters. The molecule has 102 valence electrons. The number of sulfonamides is 1. The first kappa shape index (κ1) is 14.9. The lowest BCUT2D eigenvalue weighted by molar-refractivity contribution is 0.163. The van der Waals surface area contributed by atoms with Crippen molar-refractivity contribution in [2.24, 2.45) is 0 Å². The largest absolute Gasteiger partial charge is 0.389 e. The number of rotatable bonds is 7.